The Morgan fingerprint density at radius 3 is 2.82 bits per heavy atom. The van der Waals surface area contributed by atoms with E-state index in [9.17, 15) is 9.90 Å². The Balaban J connectivity index is 2.33. The molecule has 0 bridgehead atoms. The Kier molecular flexibility index (Phi) is 4.22. The monoisotopic (exact) mass is 361 g/mol. The molecule has 0 aliphatic carbocycles. The van der Waals surface area contributed by atoms with Gasteiger partial charge in [0.25, 0.3) is 0 Å². The second-order valence-corrected chi connectivity index (χ2v) is 5.72. The third-order valence-corrected chi connectivity index (χ3v) is 4.34. The van der Waals surface area contributed by atoms with Crippen LogP contribution in [0.15, 0.2) is 22.7 Å². The third kappa shape index (κ3) is 2.72. The van der Waals surface area contributed by atoms with Crippen molar-refractivity contribution in [3.8, 4) is 0 Å². The SMILES string of the molecule is O=C1CC(CBr)CN1c1cc(Br)ccc1CO. The molecule has 1 aliphatic rings. The Hall–Kier alpha value is -0.390. The average Bonchev–Trinajstić information content (AvgIpc) is 2.70. The van der Waals surface area contributed by atoms with Gasteiger partial charge >= 0.3 is 0 Å². The van der Waals surface area contributed by atoms with E-state index in [1.165, 1.54) is 0 Å². The Morgan fingerprint density at radius 1 is 1.47 bits per heavy atom. The van der Waals surface area contributed by atoms with Crippen molar-refractivity contribution in [1.82, 2.24) is 0 Å². The highest BCUT2D eigenvalue weighted by molar-refractivity contribution is 9.10. The van der Waals surface area contributed by atoms with E-state index in [1.54, 1.807) is 4.90 Å². The van der Waals surface area contributed by atoms with Crippen LogP contribution in [0, 0.1) is 5.92 Å². The minimum atomic E-state index is -0.0502. The van der Waals surface area contributed by atoms with E-state index in [4.69, 9.17) is 0 Å². The minimum Gasteiger partial charge on any atom is -0.392 e. The smallest absolute Gasteiger partial charge is 0.227 e. The maximum absolute atomic E-state index is 11.9. The number of hydrogen-bond donors (Lipinski definition) is 1. The van der Waals surface area contributed by atoms with Crippen molar-refractivity contribution in [2.45, 2.75) is 13.0 Å². The topological polar surface area (TPSA) is 40.5 Å². The van der Waals surface area contributed by atoms with Crippen molar-refractivity contribution in [3.63, 3.8) is 0 Å². The largest absolute Gasteiger partial charge is 0.392 e. The van der Waals surface area contributed by atoms with E-state index >= 15 is 0 Å². The molecular formula is C12H13Br2NO2. The summed E-state index contributed by atoms with van der Waals surface area (Å²) in [7, 11) is 0. The van der Waals surface area contributed by atoms with E-state index < -0.39 is 0 Å². The average molecular weight is 363 g/mol. The minimum absolute atomic E-state index is 0.0502. The van der Waals surface area contributed by atoms with Gasteiger partial charge in [0.2, 0.25) is 5.91 Å². The number of alkyl halides is 1. The lowest BCUT2D eigenvalue weighted by Crippen LogP contribution is -2.25. The van der Waals surface area contributed by atoms with Crippen molar-refractivity contribution >= 4 is 43.5 Å². The van der Waals surface area contributed by atoms with Gasteiger partial charge in [-0.3, -0.25) is 4.79 Å². The van der Waals surface area contributed by atoms with Gasteiger partial charge in [-0.1, -0.05) is 37.9 Å². The highest BCUT2D eigenvalue weighted by Crippen LogP contribution is 2.31. The number of amides is 1. The van der Waals surface area contributed by atoms with E-state index in [0.29, 0.717) is 18.9 Å². The zero-order valence-electron chi connectivity index (χ0n) is 9.20. The number of halogens is 2. The van der Waals surface area contributed by atoms with Gasteiger partial charge in [-0.2, -0.15) is 0 Å². The summed E-state index contributed by atoms with van der Waals surface area (Å²) in [5.74, 6) is 0.482. The summed E-state index contributed by atoms with van der Waals surface area (Å²) < 4.78 is 0.916. The Labute approximate surface area is 117 Å². The summed E-state index contributed by atoms with van der Waals surface area (Å²) in [5, 5.41) is 10.1. The summed E-state index contributed by atoms with van der Waals surface area (Å²) in [6.07, 6.45) is 0.572. The lowest BCUT2D eigenvalue weighted by molar-refractivity contribution is -0.117. The standard InChI is InChI=1S/C12H13Br2NO2/c13-5-8-3-12(17)15(6-8)11-4-10(14)2-1-9(11)7-16/h1-2,4,8,16H,3,5-7H2. The van der Waals surface area contributed by atoms with Crippen LogP contribution in [0.3, 0.4) is 0 Å². The molecule has 1 saturated heterocycles. The van der Waals surface area contributed by atoms with Gasteiger partial charge in [-0.15, -0.1) is 0 Å². The second-order valence-electron chi connectivity index (χ2n) is 4.16. The van der Waals surface area contributed by atoms with Gasteiger partial charge in [0.1, 0.15) is 0 Å². The van der Waals surface area contributed by atoms with Crippen molar-refractivity contribution in [3.05, 3.63) is 28.2 Å². The number of carbonyl (C=O) groups is 1. The molecule has 5 heteroatoms. The molecule has 1 unspecified atom stereocenters. The first kappa shape index (κ1) is 13.1. The summed E-state index contributed by atoms with van der Waals surface area (Å²) in [5.41, 5.74) is 1.60. The normalized spacial score (nSPS) is 20.1. The van der Waals surface area contributed by atoms with Crippen LogP contribution in [0.4, 0.5) is 5.69 Å². The summed E-state index contributed by atoms with van der Waals surface area (Å²) in [6, 6.07) is 5.60. The van der Waals surface area contributed by atoms with E-state index in [0.717, 1.165) is 21.1 Å². The lowest BCUT2D eigenvalue weighted by atomic mass is 10.1. The zero-order chi connectivity index (χ0) is 12.4. The molecule has 1 amide bonds. The first-order chi connectivity index (χ1) is 8.15. The molecule has 1 aromatic carbocycles. The van der Waals surface area contributed by atoms with Crippen LogP contribution in [-0.2, 0) is 11.4 Å². The number of hydrogen-bond acceptors (Lipinski definition) is 2. The van der Waals surface area contributed by atoms with Gasteiger partial charge in [0.05, 0.1) is 12.3 Å². The van der Waals surface area contributed by atoms with E-state index in [2.05, 4.69) is 31.9 Å². The van der Waals surface area contributed by atoms with Gasteiger partial charge in [-0.25, -0.2) is 0 Å². The van der Waals surface area contributed by atoms with Crippen LogP contribution in [0.25, 0.3) is 0 Å². The van der Waals surface area contributed by atoms with Crippen molar-refractivity contribution < 1.29 is 9.90 Å². The molecule has 0 aromatic heterocycles. The Bertz CT molecular complexity index is 437. The molecule has 17 heavy (non-hydrogen) atoms. The lowest BCUT2D eigenvalue weighted by Gasteiger charge is -2.20. The van der Waals surface area contributed by atoms with Crippen LogP contribution < -0.4 is 4.90 Å². The molecular weight excluding hydrogens is 350 g/mol. The van der Waals surface area contributed by atoms with Crippen molar-refractivity contribution in [1.29, 1.82) is 0 Å². The molecule has 1 heterocycles. The molecule has 0 spiro atoms. The maximum Gasteiger partial charge on any atom is 0.227 e. The van der Waals surface area contributed by atoms with Gasteiger partial charge in [-0.05, 0) is 18.1 Å². The zero-order valence-corrected chi connectivity index (χ0v) is 12.4. The van der Waals surface area contributed by atoms with Gasteiger partial charge in [0.15, 0.2) is 0 Å². The quantitative estimate of drug-likeness (QED) is 0.840. The van der Waals surface area contributed by atoms with Crippen LogP contribution in [-0.4, -0.2) is 22.9 Å². The highest BCUT2D eigenvalue weighted by atomic mass is 79.9. The molecule has 0 radical (unpaired) electrons. The van der Waals surface area contributed by atoms with E-state index in [-0.39, 0.29) is 12.5 Å². The third-order valence-electron chi connectivity index (χ3n) is 2.93. The summed E-state index contributed by atoms with van der Waals surface area (Å²) in [4.78, 5) is 13.7. The predicted molar refractivity (Wildman–Crippen MR) is 74.3 cm³/mol. The second kappa shape index (κ2) is 5.50. The number of aliphatic hydroxyl groups excluding tert-OH is 1. The fourth-order valence-corrected chi connectivity index (χ4v) is 2.82. The summed E-state index contributed by atoms with van der Waals surface area (Å²) >= 11 is 6.81. The summed E-state index contributed by atoms with van der Waals surface area (Å²) in [6.45, 7) is 0.666. The molecule has 0 saturated carbocycles. The van der Waals surface area contributed by atoms with Crippen LogP contribution in [0.5, 0.6) is 0 Å². The number of nitrogens with zero attached hydrogens (tertiary/aromatic N) is 1. The number of benzene rings is 1. The molecule has 92 valence electrons. The fraction of sp³-hybridized carbons (Fsp3) is 0.417. The molecule has 1 atom stereocenters. The van der Waals surface area contributed by atoms with Crippen molar-refractivity contribution in [2.24, 2.45) is 5.92 Å². The number of anilines is 1. The molecule has 2 rings (SSSR count). The molecule has 3 nitrogen and oxygen atoms in total. The fourth-order valence-electron chi connectivity index (χ4n) is 2.04. The number of aliphatic hydroxyl groups is 1. The Morgan fingerprint density at radius 2 is 2.24 bits per heavy atom. The van der Waals surface area contributed by atoms with Crippen LogP contribution >= 0.6 is 31.9 Å². The highest BCUT2D eigenvalue weighted by Gasteiger charge is 2.30. The predicted octanol–water partition coefficient (Wildman–Crippen LogP) is 2.69. The number of rotatable bonds is 3. The maximum atomic E-state index is 11.9. The molecule has 1 N–H and O–H groups in total. The molecule has 1 aliphatic heterocycles. The molecule has 1 fully saturated rings. The van der Waals surface area contributed by atoms with Crippen LogP contribution in [0.1, 0.15) is 12.0 Å². The first-order valence-electron chi connectivity index (χ1n) is 5.41. The van der Waals surface area contributed by atoms with Crippen molar-refractivity contribution in [2.75, 3.05) is 16.8 Å². The first-order valence-corrected chi connectivity index (χ1v) is 7.32. The van der Waals surface area contributed by atoms with E-state index in [1.807, 2.05) is 18.2 Å². The van der Waals surface area contributed by atoms with Gasteiger partial charge < -0.3 is 10.0 Å². The number of carbonyl (C=O) groups excluding carboxylic acids is 1. The van der Waals surface area contributed by atoms with Crippen LogP contribution in [0.2, 0.25) is 0 Å². The molecule has 1 aromatic rings. The van der Waals surface area contributed by atoms with Gasteiger partial charge in [0, 0.05) is 28.3 Å².